The van der Waals surface area contributed by atoms with Crippen LogP contribution in [0.4, 0.5) is 5.82 Å². The molecule has 0 spiro atoms. The Labute approximate surface area is 191 Å². The Morgan fingerprint density at radius 2 is 1.70 bits per heavy atom. The Morgan fingerprint density at radius 1 is 0.970 bits per heavy atom. The number of nitrogens with zero attached hydrogens (tertiary/aromatic N) is 7. The Bertz CT molecular complexity index is 1250. The summed E-state index contributed by atoms with van der Waals surface area (Å²) in [4.78, 5) is 25.7. The lowest BCUT2D eigenvalue weighted by molar-refractivity contribution is -0.138. The molecule has 0 bridgehead atoms. The third-order valence-corrected chi connectivity index (χ3v) is 5.79. The van der Waals surface area contributed by atoms with E-state index in [2.05, 4.69) is 25.2 Å². The molecule has 9 heteroatoms. The minimum absolute atomic E-state index is 0.0170. The lowest BCUT2D eigenvalue weighted by Crippen LogP contribution is -2.52. The normalized spacial score (nSPS) is 15.0. The molecule has 1 aliphatic heterocycles. The number of hydrogen-bond donors (Lipinski definition) is 0. The van der Waals surface area contributed by atoms with Crippen molar-refractivity contribution in [1.82, 2.24) is 29.9 Å². The van der Waals surface area contributed by atoms with Crippen molar-refractivity contribution in [2.24, 2.45) is 0 Å². The predicted molar refractivity (Wildman–Crippen MR) is 125 cm³/mol. The van der Waals surface area contributed by atoms with Crippen LogP contribution in [0.5, 0.6) is 5.75 Å². The fourth-order valence-corrected chi connectivity index (χ4v) is 3.98. The molecule has 0 unspecified atom stereocenters. The predicted octanol–water partition coefficient (Wildman–Crippen LogP) is 2.64. The number of benzene rings is 2. The monoisotopic (exact) mass is 443 g/mol. The first-order valence-electron chi connectivity index (χ1n) is 11.0. The fourth-order valence-electron chi connectivity index (χ4n) is 3.98. The van der Waals surface area contributed by atoms with Crippen LogP contribution < -0.4 is 9.64 Å². The number of carbonyl (C=O) groups excluding carboxylic acids is 1. The molecule has 1 fully saturated rings. The van der Waals surface area contributed by atoms with Crippen LogP contribution in [0.15, 0.2) is 60.9 Å². The average Bonchev–Trinajstić information content (AvgIpc) is 3.29. The number of anilines is 1. The Kier molecular flexibility index (Phi) is 5.60. The maximum Gasteiger partial charge on any atom is 0.263 e. The van der Waals surface area contributed by atoms with Crippen molar-refractivity contribution < 1.29 is 9.53 Å². The maximum absolute atomic E-state index is 12.9. The number of aromatic nitrogens is 5. The van der Waals surface area contributed by atoms with E-state index in [0.717, 1.165) is 11.5 Å². The van der Waals surface area contributed by atoms with Crippen molar-refractivity contribution in [3.63, 3.8) is 0 Å². The van der Waals surface area contributed by atoms with E-state index in [9.17, 15) is 4.79 Å². The minimum Gasteiger partial charge on any atom is -0.481 e. The molecule has 4 aromatic rings. The van der Waals surface area contributed by atoms with Crippen LogP contribution in [0.1, 0.15) is 12.5 Å². The second kappa shape index (κ2) is 8.85. The first-order chi connectivity index (χ1) is 16.1. The van der Waals surface area contributed by atoms with Gasteiger partial charge in [0.15, 0.2) is 23.1 Å². The molecule has 2 aromatic heterocycles. The first-order valence-corrected chi connectivity index (χ1v) is 11.0. The number of aryl methyl sites for hydroxylation is 1. The highest BCUT2D eigenvalue weighted by Crippen LogP contribution is 2.24. The van der Waals surface area contributed by atoms with Gasteiger partial charge in [-0.1, -0.05) is 41.1 Å². The molecule has 0 aliphatic carbocycles. The summed E-state index contributed by atoms with van der Waals surface area (Å²) < 4.78 is 7.53. The van der Waals surface area contributed by atoms with Crippen LogP contribution in [-0.4, -0.2) is 68.1 Å². The van der Waals surface area contributed by atoms with Crippen LogP contribution in [0.2, 0.25) is 0 Å². The minimum atomic E-state index is -0.542. The summed E-state index contributed by atoms with van der Waals surface area (Å²) in [6.07, 6.45) is 0.998. The molecule has 5 rings (SSSR count). The van der Waals surface area contributed by atoms with E-state index in [4.69, 9.17) is 4.74 Å². The van der Waals surface area contributed by atoms with E-state index in [1.54, 1.807) is 17.9 Å². The Hall–Kier alpha value is -4.01. The summed E-state index contributed by atoms with van der Waals surface area (Å²) in [5.74, 6) is 1.41. The first kappa shape index (κ1) is 20.9. The number of fused-ring (bicyclic) bond motifs is 1. The smallest absolute Gasteiger partial charge is 0.263 e. The van der Waals surface area contributed by atoms with Gasteiger partial charge in [-0.15, -0.1) is 5.10 Å². The molecule has 1 aliphatic rings. The highest BCUT2D eigenvalue weighted by atomic mass is 16.5. The van der Waals surface area contributed by atoms with Crippen LogP contribution >= 0.6 is 0 Å². The van der Waals surface area contributed by atoms with E-state index in [1.807, 2.05) is 66.4 Å². The zero-order chi connectivity index (χ0) is 22.8. The second-order valence-electron chi connectivity index (χ2n) is 8.09. The molecule has 1 atom stereocenters. The zero-order valence-corrected chi connectivity index (χ0v) is 18.6. The van der Waals surface area contributed by atoms with Crippen molar-refractivity contribution in [3.8, 4) is 11.4 Å². The quantitative estimate of drug-likeness (QED) is 0.468. The van der Waals surface area contributed by atoms with Gasteiger partial charge in [0.25, 0.3) is 5.91 Å². The highest BCUT2D eigenvalue weighted by molar-refractivity contribution is 5.84. The molecular formula is C24H25N7O2. The van der Waals surface area contributed by atoms with Crippen LogP contribution in [0.3, 0.4) is 0 Å². The summed E-state index contributed by atoms with van der Waals surface area (Å²) >= 11 is 0. The second-order valence-corrected chi connectivity index (χ2v) is 8.09. The number of ether oxygens (including phenoxy) is 1. The number of amides is 1. The molecule has 9 nitrogen and oxygen atoms in total. The average molecular weight is 444 g/mol. The van der Waals surface area contributed by atoms with Gasteiger partial charge in [0.1, 0.15) is 12.1 Å². The molecule has 3 heterocycles. The number of carbonyl (C=O) groups is 1. The number of rotatable bonds is 5. The van der Waals surface area contributed by atoms with Gasteiger partial charge in [0.05, 0.1) is 5.69 Å². The SMILES string of the molecule is Cc1ccc(-n2nnc3c(N4CCN(C(=O)[C@@H](C)Oc5ccccc5)CC4)ncnc32)cc1. The summed E-state index contributed by atoms with van der Waals surface area (Å²) in [5.41, 5.74) is 3.39. The Morgan fingerprint density at radius 3 is 2.42 bits per heavy atom. The lowest BCUT2D eigenvalue weighted by atomic mass is 10.2. The van der Waals surface area contributed by atoms with Crippen molar-refractivity contribution in [1.29, 1.82) is 0 Å². The van der Waals surface area contributed by atoms with Gasteiger partial charge in [-0.3, -0.25) is 4.79 Å². The third-order valence-electron chi connectivity index (χ3n) is 5.79. The fraction of sp³-hybridized carbons (Fsp3) is 0.292. The summed E-state index contributed by atoms with van der Waals surface area (Å²) in [6.45, 7) is 6.29. The van der Waals surface area contributed by atoms with E-state index in [1.165, 1.54) is 5.56 Å². The van der Waals surface area contributed by atoms with Crippen molar-refractivity contribution in [2.45, 2.75) is 20.0 Å². The van der Waals surface area contributed by atoms with Crippen molar-refractivity contribution in [3.05, 3.63) is 66.5 Å². The van der Waals surface area contributed by atoms with Crippen molar-refractivity contribution in [2.75, 3.05) is 31.1 Å². The highest BCUT2D eigenvalue weighted by Gasteiger charge is 2.28. The molecule has 0 N–H and O–H groups in total. The van der Waals surface area contributed by atoms with Gasteiger partial charge < -0.3 is 14.5 Å². The molecule has 1 saturated heterocycles. The van der Waals surface area contributed by atoms with Gasteiger partial charge >= 0.3 is 0 Å². The van der Waals surface area contributed by atoms with Crippen molar-refractivity contribution >= 4 is 22.9 Å². The molecular weight excluding hydrogens is 418 g/mol. The largest absolute Gasteiger partial charge is 0.481 e. The standard InChI is InChI=1S/C24H25N7O2/c1-17-8-10-19(11-9-17)31-23-21(27-28-31)22(25-16-26-23)29-12-14-30(15-13-29)24(32)18(2)33-20-6-4-3-5-7-20/h3-11,16,18H,12-15H2,1-2H3/t18-/m1/s1. The zero-order valence-electron chi connectivity index (χ0n) is 18.6. The molecule has 0 saturated carbocycles. The van der Waals surface area contributed by atoms with Crippen LogP contribution in [-0.2, 0) is 4.79 Å². The van der Waals surface area contributed by atoms with E-state index in [0.29, 0.717) is 43.1 Å². The van der Waals surface area contributed by atoms with Crippen LogP contribution in [0.25, 0.3) is 16.9 Å². The summed E-state index contributed by atoms with van der Waals surface area (Å²) in [6, 6.07) is 17.5. The third kappa shape index (κ3) is 4.21. The van der Waals surface area contributed by atoms with E-state index in [-0.39, 0.29) is 5.91 Å². The summed E-state index contributed by atoms with van der Waals surface area (Å²) in [5, 5.41) is 8.68. The lowest BCUT2D eigenvalue weighted by Gasteiger charge is -2.36. The Balaban J connectivity index is 1.28. The van der Waals surface area contributed by atoms with Gasteiger partial charge in [0.2, 0.25) is 0 Å². The molecule has 2 aromatic carbocycles. The topological polar surface area (TPSA) is 89.3 Å². The molecule has 33 heavy (non-hydrogen) atoms. The van der Waals surface area contributed by atoms with Gasteiger partial charge in [-0.25, -0.2) is 9.97 Å². The maximum atomic E-state index is 12.9. The van der Waals surface area contributed by atoms with E-state index < -0.39 is 6.10 Å². The number of para-hydroxylation sites is 1. The van der Waals surface area contributed by atoms with E-state index >= 15 is 0 Å². The molecule has 168 valence electrons. The van der Waals surface area contributed by atoms with Gasteiger partial charge in [-0.2, -0.15) is 4.68 Å². The molecule has 0 radical (unpaired) electrons. The van der Waals surface area contributed by atoms with Crippen LogP contribution in [0, 0.1) is 6.92 Å². The summed E-state index contributed by atoms with van der Waals surface area (Å²) in [7, 11) is 0. The molecule has 1 amide bonds. The number of hydrogen-bond acceptors (Lipinski definition) is 7. The number of piperazine rings is 1. The van der Waals surface area contributed by atoms with Gasteiger partial charge in [-0.05, 0) is 38.1 Å². The van der Waals surface area contributed by atoms with Gasteiger partial charge in [0, 0.05) is 26.2 Å².